The molecule has 0 bridgehead atoms. The lowest BCUT2D eigenvalue weighted by molar-refractivity contribution is -0.106. The van der Waals surface area contributed by atoms with Gasteiger partial charge in [0.15, 0.2) is 0 Å². The van der Waals surface area contributed by atoms with Gasteiger partial charge in [0, 0.05) is 0 Å². The predicted molar refractivity (Wildman–Crippen MR) is 136 cm³/mol. The lowest BCUT2D eigenvalue weighted by Gasteiger charge is -2.60. The minimum Gasteiger partial charge on any atom is -0.103 e. The molecule has 4 rings (SSSR count). The fraction of sp³-hybridized carbons (Fsp3) is 0.933. The topological polar surface area (TPSA) is 0 Å². The highest BCUT2D eigenvalue weighted by Crippen LogP contribution is 2.68. The van der Waals surface area contributed by atoms with Crippen molar-refractivity contribution in [1.82, 2.24) is 0 Å². The van der Waals surface area contributed by atoms with Gasteiger partial charge in [-0.1, -0.05) is 67.9 Å². The van der Waals surface area contributed by atoms with E-state index >= 15 is 0 Å². The van der Waals surface area contributed by atoms with Gasteiger partial charge in [0.05, 0.1) is 0 Å². The molecule has 0 saturated heterocycles. The Hall–Kier alpha value is -0.260. The number of hydrogen-bond acceptors (Lipinski definition) is 0. The standard InChI is InChI=1S/C26H44.2C2H6/c1-6-19-10-12-22-21-11-9-20-13-15-24(4,7-2)17-18-26(20,8-3)23(21)14-16-25(19,22)5;2*1-2/h6,19-23H,1,7-18H2,2-5H3;2*1-2H3/t19?,20?,21?,22?,23?,24-,25?,26?;;/m0../s1. The van der Waals surface area contributed by atoms with Crippen LogP contribution in [0, 0.1) is 45.8 Å². The first-order valence-corrected chi connectivity index (χ1v) is 14.0. The summed E-state index contributed by atoms with van der Waals surface area (Å²) in [6.07, 6.45) is 20.2. The molecule has 0 spiro atoms. The van der Waals surface area contributed by atoms with Crippen molar-refractivity contribution in [3.63, 3.8) is 0 Å². The smallest absolute Gasteiger partial charge is 0.0179 e. The Morgan fingerprint density at radius 3 is 2.03 bits per heavy atom. The van der Waals surface area contributed by atoms with Crippen LogP contribution in [-0.2, 0) is 0 Å². The second kappa shape index (κ2) is 10.6. The molecule has 0 N–H and O–H groups in total. The summed E-state index contributed by atoms with van der Waals surface area (Å²) in [5, 5.41) is 0. The van der Waals surface area contributed by atoms with Gasteiger partial charge in [-0.05, 0) is 116 Å². The van der Waals surface area contributed by atoms with Crippen LogP contribution in [-0.4, -0.2) is 0 Å². The predicted octanol–water partition coefficient (Wildman–Crippen LogP) is 10.1. The molecule has 0 heteroatoms. The third-order valence-electron chi connectivity index (χ3n) is 11.0. The Bertz CT molecular complexity index is 534. The average molecular weight is 417 g/mol. The molecule has 4 saturated carbocycles. The lowest BCUT2D eigenvalue weighted by Crippen LogP contribution is -2.52. The van der Waals surface area contributed by atoms with Gasteiger partial charge < -0.3 is 0 Å². The SMILES string of the molecule is C=CC1CCC2C3CCC4CC[C@](C)(CC)CCC4(CC)C3CCC12C.CC.CC. The summed E-state index contributed by atoms with van der Waals surface area (Å²) >= 11 is 0. The summed E-state index contributed by atoms with van der Waals surface area (Å²) in [4.78, 5) is 0. The molecule has 8 atom stereocenters. The van der Waals surface area contributed by atoms with Gasteiger partial charge in [0.25, 0.3) is 0 Å². The van der Waals surface area contributed by atoms with Crippen molar-refractivity contribution < 1.29 is 0 Å². The van der Waals surface area contributed by atoms with Crippen LogP contribution >= 0.6 is 0 Å². The zero-order valence-corrected chi connectivity index (χ0v) is 22.2. The number of rotatable bonds is 3. The molecule has 0 aliphatic heterocycles. The van der Waals surface area contributed by atoms with E-state index in [0.717, 1.165) is 29.6 Å². The zero-order valence-electron chi connectivity index (χ0n) is 22.2. The van der Waals surface area contributed by atoms with E-state index in [9.17, 15) is 0 Å². The molecule has 4 fully saturated rings. The van der Waals surface area contributed by atoms with E-state index in [4.69, 9.17) is 0 Å². The van der Waals surface area contributed by atoms with E-state index in [0.29, 0.717) is 16.2 Å². The minimum absolute atomic E-state index is 0.577. The lowest BCUT2D eigenvalue weighted by atomic mass is 9.45. The largest absolute Gasteiger partial charge is 0.103 e. The van der Waals surface area contributed by atoms with Crippen LogP contribution in [0.15, 0.2) is 12.7 Å². The Balaban J connectivity index is 0.000000757. The maximum atomic E-state index is 4.22. The Morgan fingerprint density at radius 2 is 1.43 bits per heavy atom. The fourth-order valence-corrected chi connectivity index (χ4v) is 8.90. The molecule has 0 aromatic rings. The van der Waals surface area contributed by atoms with Crippen molar-refractivity contribution in [1.29, 1.82) is 0 Å². The second-order valence-electron chi connectivity index (χ2n) is 11.4. The van der Waals surface area contributed by atoms with Crippen LogP contribution < -0.4 is 0 Å². The molecule has 30 heavy (non-hydrogen) atoms. The molecule has 7 unspecified atom stereocenters. The van der Waals surface area contributed by atoms with Gasteiger partial charge in [0.1, 0.15) is 0 Å². The van der Waals surface area contributed by atoms with E-state index in [-0.39, 0.29) is 0 Å². The Morgan fingerprint density at radius 1 is 0.733 bits per heavy atom. The molecule has 0 nitrogen and oxygen atoms in total. The Kier molecular flexibility index (Phi) is 9.16. The molecule has 0 aromatic heterocycles. The van der Waals surface area contributed by atoms with Crippen LogP contribution in [0.1, 0.15) is 132 Å². The fourth-order valence-electron chi connectivity index (χ4n) is 8.90. The number of fused-ring (bicyclic) bond motifs is 5. The summed E-state index contributed by atoms with van der Waals surface area (Å²) in [7, 11) is 0. The molecule has 0 heterocycles. The zero-order chi connectivity index (χ0) is 22.6. The molecule has 0 aromatic carbocycles. The van der Waals surface area contributed by atoms with Gasteiger partial charge in [-0.2, -0.15) is 0 Å². The Labute approximate surface area is 191 Å². The van der Waals surface area contributed by atoms with E-state index in [1.54, 1.807) is 12.8 Å². The van der Waals surface area contributed by atoms with Gasteiger partial charge in [-0.15, -0.1) is 6.58 Å². The average Bonchev–Trinajstić information content (AvgIpc) is 3.06. The van der Waals surface area contributed by atoms with Crippen LogP contribution in [0.2, 0.25) is 0 Å². The maximum Gasteiger partial charge on any atom is -0.0179 e. The molecule has 4 aliphatic rings. The summed E-state index contributed by atoms with van der Waals surface area (Å²) in [5.74, 6) is 4.88. The van der Waals surface area contributed by atoms with Crippen molar-refractivity contribution in [2.75, 3.05) is 0 Å². The van der Waals surface area contributed by atoms with Crippen LogP contribution in [0.5, 0.6) is 0 Å². The van der Waals surface area contributed by atoms with E-state index < -0.39 is 0 Å². The van der Waals surface area contributed by atoms with E-state index in [1.165, 1.54) is 64.2 Å². The molecule has 4 aliphatic carbocycles. The van der Waals surface area contributed by atoms with Crippen molar-refractivity contribution in [3.05, 3.63) is 12.7 Å². The third-order valence-corrected chi connectivity index (χ3v) is 11.0. The summed E-state index contributed by atoms with van der Waals surface area (Å²) in [5.41, 5.74) is 1.89. The van der Waals surface area contributed by atoms with Crippen molar-refractivity contribution in [2.24, 2.45) is 45.8 Å². The first-order chi connectivity index (χ1) is 14.4. The van der Waals surface area contributed by atoms with Crippen LogP contribution in [0.4, 0.5) is 0 Å². The summed E-state index contributed by atoms with van der Waals surface area (Å²) in [6.45, 7) is 22.4. The normalized spacial score (nSPS) is 47.1. The molecular formula is C30H56. The molecular weight excluding hydrogens is 360 g/mol. The summed E-state index contributed by atoms with van der Waals surface area (Å²) in [6, 6.07) is 0. The van der Waals surface area contributed by atoms with Crippen molar-refractivity contribution in [2.45, 2.75) is 132 Å². The van der Waals surface area contributed by atoms with Gasteiger partial charge in [-0.3, -0.25) is 0 Å². The maximum absolute atomic E-state index is 4.22. The molecule has 176 valence electrons. The van der Waals surface area contributed by atoms with Crippen LogP contribution in [0.3, 0.4) is 0 Å². The van der Waals surface area contributed by atoms with E-state index in [2.05, 4.69) is 40.3 Å². The number of hydrogen-bond donors (Lipinski definition) is 0. The van der Waals surface area contributed by atoms with Crippen LogP contribution in [0.25, 0.3) is 0 Å². The van der Waals surface area contributed by atoms with Crippen molar-refractivity contribution >= 4 is 0 Å². The first-order valence-electron chi connectivity index (χ1n) is 14.0. The first kappa shape index (κ1) is 26.0. The second-order valence-corrected chi connectivity index (χ2v) is 11.4. The highest BCUT2D eigenvalue weighted by Gasteiger charge is 2.60. The molecule has 0 radical (unpaired) electrons. The summed E-state index contributed by atoms with van der Waals surface area (Å²) < 4.78 is 0. The van der Waals surface area contributed by atoms with E-state index in [1.807, 2.05) is 27.7 Å². The highest BCUT2D eigenvalue weighted by molar-refractivity contribution is 5.12. The van der Waals surface area contributed by atoms with Gasteiger partial charge in [0.2, 0.25) is 0 Å². The third kappa shape index (κ3) is 4.20. The van der Waals surface area contributed by atoms with Crippen molar-refractivity contribution in [3.8, 4) is 0 Å². The highest BCUT2D eigenvalue weighted by atomic mass is 14.6. The van der Waals surface area contributed by atoms with Gasteiger partial charge >= 0.3 is 0 Å². The van der Waals surface area contributed by atoms with Gasteiger partial charge in [-0.25, -0.2) is 0 Å². The number of allylic oxidation sites excluding steroid dienone is 1. The minimum atomic E-state index is 0.577. The molecule has 0 amide bonds. The quantitative estimate of drug-likeness (QED) is 0.401. The monoisotopic (exact) mass is 416 g/mol.